The summed E-state index contributed by atoms with van der Waals surface area (Å²) < 4.78 is 10.7. The maximum Gasteiger partial charge on any atom is 0.148 e. The van der Waals surface area contributed by atoms with Gasteiger partial charge in [-0.05, 0) is 12.8 Å². The van der Waals surface area contributed by atoms with Gasteiger partial charge in [0.2, 0.25) is 0 Å². The van der Waals surface area contributed by atoms with Crippen LogP contribution in [0.5, 0.6) is 0 Å². The summed E-state index contributed by atoms with van der Waals surface area (Å²) in [4.78, 5) is 0. The quantitative estimate of drug-likeness (QED) is 0.185. The highest BCUT2D eigenvalue weighted by molar-refractivity contribution is 6.83. The predicted octanol–water partition coefficient (Wildman–Crippen LogP) is 5.78. The van der Waals surface area contributed by atoms with Crippen LogP contribution in [0.3, 0.4) is 0 Å². The number of hydrogen-bond acceptors (Lipinski definition) is 2. The molecule has 0 aromatic carbocycles. The van der Waals surface area contributed by atoms with Crippen molar-refractivity contribution in [3.63, 3.8) is 0 Å². The lowest BCUT2D eigenvalue weighted by Gasteiger charge is -2.13. The molecule has 0 aliphatic heterocycles. The second-order valence-corrected chi connectivity index (χ2v) is 11.9. The zero-order chi connectivity index (χ0) is 16.7. The van der Waals surface area contributed by atoms with Crippen molar-refractivity contribution in [3.05, 3.63) is 0 Å². The first-order valence-corrected chi connectivity index (χ1v) is 12.6. The number of unbranched alkanes of at least 4 members (excludes halogenated alkanes) is 8. The molecule has 0 saturated heterocycles. The maximum absolute atomic E-state index is 5.69. The van der Waals surface area contributed by atoms with E-state index in [-0.39, 0.29) is 6.10 Å². The molecule has 0 radical (unpaired) electrons. The molecule has 0 saturated carbocycles. The predicted molar refractivity (Wildman–Crippen MR) is 99.7 cm³/mol. The molecule has 0 fully saturated rings. The third-order valence-electron chi connectivity index (χ3n) is 3.57. The van der Waals surface area contributed by atoms with E-state index in [0.29, 0.717) is 6.79 Å². The van der Waals surface area contributed by atoms with E-state index in [1.807, 2.05) is 0 Å². The second kappa shape index (κ2) is 14.3. The van der Waals surface area contributed by atoms with Gasteiger partial charge in [0.1, 0.15) is 21.0 Å². The van der Waals surface area contributed by atoms with Crippen molar-refractivity contribution in [2.75, 3.05) is 13.9 Å². The normalized spacial score (nSPS) is 12.8. The van der Waals surface area contributed by atoms with Gasteiger partial charge in [-0.25, -0.2) is 0 Å². The minimum Gasteiger partial charge on any atom is -0.359 e. The monoisotopic (exact) mass is 326 g/mol. The summed E-state index contributed by atoms with van der Waals surface area (Å²) in [6.07, 6.45) is 13.3. The molecular weight excluding hydrogens is 288 g/mol. The van der Waals surface area contributed by atoms with E-state index < -0.39 is 8.07 Å². The molecule has 0 heterocycles. The van der Waals surface area contributed by atoms with Gasteiger partial charge < -0.3 is 9.47 Å². The Labute approximate surface area is 140 Å². The van der Waals surface area contributed by atoms with E-state index in [2.05, 4.69) is 38.0 Å². The van der Waals surface area contributed by atoms with E-state index >= 15 is 0 Å². The number of methoxy groups -OCH3 is 1. The van der Waals surface area contributed by atoms with Crippen molar-refractivity contribution in [3.8, 4) is 11.5 Å². The average Bonchev–Trinajstić information content (AvgIpc) is 2.46. The molecule has 0 amide bonds. The average molecular weight is 327 g/mol. The Bertz CT molecular complexity index is 299. The van der Waals surface area contributed by atoms with Crippen LogP contribution in [0.25, 0.3) is 0 Å². The molecule has 0 aliphatic rings. The van der Waals surface area contributed by atoms with Gasteiger partial charge in [-0.3, -0.25) is 0 Å². The summed E-state index contributed by atoms with van der Waals surface area (Å²) in [5, 5.41) is 0. The van der Waals surface area contributed by atoms with Crippen LogP contribution < -0.4 is 0 Å². The van der Waals surface area contributed by atoms with Crippen molar-refractivity contribution in [2.45, 2.75) is 96.9 Å². The molecule has 1 unspecified atom stereocenters. The molecule has 1 atom stereocenters. The summed E-state index contributed by atoms with van der Waals surface area (Å²) in [5.74, 6) is 3.33. The molecule has 130 valence electrons. The fraction of sp³-hybridized carbons (Fsp3) is 0.895. The minimum atomic E-state index is -1.32. The van der Waals surface area contributed by atoms with Crippen LogP contribution in [0.4, 0.5) is 0 Å². The Morgan fingerprint density at radius 3 is 1.91 bits per heavy atom. The Morgan fingerprint density at radius 1 is 0.864 bits per heavy atom. The van der Waals surface area contributed by atoms with Gasteiger partial charge >= 0.3 is 0 Å². The molecule has 0 bridgehead atoms. The van der Waals surface area contributed by atoms with E-state index in [4.69, 9.17) is 9.47 Å². The van der Waals surface area contributed by atoms with E-state index in [1.54, 1.807) is 7.11 Å². The lowest BCUT2D eigenvalue weighted by atomic mass is 10.1. The second-order valence-electron chi connectivity index (χ2n) is 7.20. The topological polar surface area (TPSA) is 18.5 Å². The van der Waals surface area contributed by atoms with Gasteiger partial charge in [-0.2, -0.15) is 0 Å². The third-order valence-corrected chi connectivity index (χ3v) is 4.46. The van der Waals surface area contributed by atoms with Gasteiger partial charge in [0.25, 0.3) is 0 Å². The standard InChI is InChI=1S/C19H38O2Si/c1-6-7-8-9-10-11-12-13-14-15-19(21-18-20-2)16-17-22(3,4)5/h19H,6-15,18H2,1-5H3. The number of rotatable bonds is 13. The first kappa shape index (κ1) is 21.7. The number of hydrogen-bond donors (Lipinski definition) is 0. The van der Waals surface area contributed by atoms with Gasteiger partial charge in [-0.15, -0.1) is 5.54 Å². The van der Waals surface area contributed by atoms with E-state index in [0.717, 1.165) is 6.42 Å². The molecule has 0 spiro atoms. The van der Waals surface area contributed by atoms with Gasteiger partial charge in [0.15, 0.2) is 0 Å². The third kappa shape index (κ3) is 16.1. The molecular formula is C19H38O2Si. The first-order chi connectivity index (χ1) is 10.5. The van der Waals surface area contributed by atoms with Crippen LogP contribution in [-0.4, -0.2) is 28.1 Å². The van der Waals surface area contributed by atoms with Crippen LogP contribution in [0, 0.1) is 11.5 Å². The summed E-state index contributed by atoms with van der Waals surface area (Å²) in [7, 11) is 0.351. The van der Waals surface area contributed by atoms with E-state index in [9.17, 15) is 0 Å². The first-order valence-electron chi connectivity index (χ1n) is 9.13. The molecule has 0 aliphatic carbocycles. The highest BCUT2D eigenvalue weighted by Crippen LogP contribution is 2.12. The van der Waals surface area contributed by atoms with Crippen molar-refractivity contribution in [1.82, 2.24) is 0 Å². The van der Waals surface area contributed by atoms with Gasteiger partial charge in [0.05, 0.1) is 0 Å². The Kier molecular flexibility index (Phi) is 14.1. The zero-order valence-corrected chi connectivity index (χ0v) is 16.7. The lowest BCUT2D eigenvalue weighted by Crippen LogP contribution is -2.19. The molecule has 0 aromatic heterocycles. The summed E-state index contributed by atoms with van der Waals surface area (Å²) in [6, 6.07) is 0. The van der Waals surface area contributed by atoms with Gasteiger partial charge in [0, 0.05) is 7.11 Å². The molecule has 0 aromatic rings. The highest BCUT2D eigenvalue weighted by atomic mass is 28.3. The Hall–Kier alpha value is -0.303. The van der Waals surface area contributed by atoms with Crippen LogP contribution in [-0.2, 0) is 9.47 Å². The smallest absolute Gasteiger partial charge is 0.148 e. The van der Waals surface area contributed by atoms with Crippen molar-refractivity contribution >= 4 is 8.07 Å². The molecule has 3 heteroatoms. The van der Waals surface area contributed by atoms with Crippen LogP contribution in [0.1, 0.15) is 71.1 Å². The minimum absolute atomic E-state index is 0.0521. The van der Waals surface area contributed by atoms with Crippen LogP contribution in [0.2, 0.25) is 19.6 Å². The molecule has 2 nitrogen and oxygen atoms in total. The molecule has 22 heavy (non-hydrogen) atoms. The Morgan fingerprint density at radius 2 is 1.41 bits per heavy atom. The summed E-state index contributed by atoms with van der Waals surface area (Å²) in [6.45, 7) is 9.43. The SMILES string of the molecule is CCCCCCCCCCCC(C#C[Si](C)(C)C)OCOC. The summed E-state index contributed by atoms with van der Waals surface area (Å²) >= 11 is 0. The van der Waals surface area contributed by atoms with Gasteiger partial charge in [-0.1, -0.05) is 83.9 Å². The summed E-state index contributed by atoms with van der Waals surface area (Å²) in [5.41, 5.74) is 3.42. The molecule has 0 N–H and O–H groups in total. The lowest BCUT2D eigenvalue weighted by molar-refractivity contribution is -0.0548. The number of ether oxygens (including phenoxy) is 2. The fourth-order valence-corrected chi connectivity index (χ4v) is 2.88. The van der Waals surface area contributed by atoms with Crippen LogP contribution in [0.15, 0.2) is 0 Å². The van der Waals surface area contributed by atoms with Crippen molar-refractivity contribution in [1.29, 1.82) is 0 Å². The molecule has 0 rings (SSSR count). The van der Waals surface area contributed by atoms with Crippen LogP contribution >= 0.6 is 0 Å². The van der Waals surface area contributed by atoms with E-state index in [1.165, 1.54) is 57.8 Å². The zero-order valence-electron chi connectivity index (χ0n) is 15.7. The van der Waals surface area contributed by atoms with Crippen molar-refractivity contribution < 1.29 is 9.47 Å². The Balaban J connectivity index is 3.77. The fourth-order valence-electron chi connectivity index (χ4n) is 2.28. The highest BCUT2D eigenvalue weighted by Gasteiger charge is 2.10. The largest absolute Gasteiger partial charge is 0.359 e. The van der Waals surface area contributed by atoms with Crippen molar-refractivity contribution in [2.24, 2.45) is 0 Å². The maximum atomic E-state index is 5.69.